The molecule has 39 heavy (non-hydrogen) atoms. The lowest BCUT2D eigenvalue weighted by Gasteiger charge is -2.57. The molecule has 3 saturated carbocycles. The van der Waals surface area contributed by atoms with Crippen molar-refractivity contribution < 1.29 is 19.7 Å². The normalized spacial score (nSPS) is 39.4. The molecule has 1 saturated heterocycles. The first-order valence-electron chi connectivity index (χ1n) is 15.1. The van der Waals surface area contributed by atoms with Gasteiger partial charge in [0.15, 0.2) is 0 Å². The number of ketones is 1. The molecule has 6 atom stereocenters. The third-order valence-electron chi connectivity index (χ3n) is 11.3. The van der Waals surface area contributed by atoms with E-state index in [0.717, 1.165) is 57.8 Å². The zero-order valence-electron chi connectivity index (χ0n) is 23.6. The molecule has 5 aliphatic rings. The minimum atomic E-state index is -0.857. The molecule has 1 N–H and O–H groups in total. The highest BCUT2D eigenvalue weighted by Gasteiger charge is 2.61. The molecule has 7 rings (SSSR count). The van der Waals surface area contributed by atoms with Gasteiger partial charge in [-0.3, -0.25) is 4.79 Å². The number of hydrogen-bond acceptors (Lipinski definition) is 5. The second-order valence-electron chi connectivity index (χ2n) is 14.1. The van der Waals surface area contributed by atoms with E-state index in [2.05, 4.69) is 61.9 Å². The summed E-state index contributed by atoms with van der Waals surface area (Å²) in [6.07, 6.45) is 8.51. The third-order valence-corrected chi connectivity index (χ3v) is 12.0. The maximum Gasteiger partial charge on any atom is 0.139 e. The number of hydrogen-bond donors (Lipinski definition) is 1. The highest BCUT2D eigenvalue weighted by Crippen LogP contribution is 2.66. The number of aliphatic hydroxyl groups is 1. The van der Waals surface area contributed by atoms with Crippen LogP contribution in [0, 0.1) is 22.7 Å². The lowest BCUT2D eigenvalue weighted by Crippen LogP contribution is -2.56. The number of carbonyl (C=O) groups is 1. The minimum absolute atomic E-state index is 0.0406. The second kappa shape index (κ2) is 9.11. The molecule has 1 aliphatic heterocycles. The van der Waals surface area contributed by atoms with Gasteiger partial charge in [0.1, 0.15) is 11.4 Å². The van der Waals surface area contributed by atoms with Gasteiger partial charge in [-0.15, -0.1) is 0 Å². The number of Topliss-reactive ketones (excluding diaryl/α,β-unsaturated/α-hetero) is 1. The fraction of sp³-hybridized carbons (Fsp3) is 0.618. The maximum absolute atomic E-state index is 13.5. The van der Waals surface area contributed by atoms with Gasteiger partial charge in [0.2, 0.25) is 0 Å². The average molecular weight is 547 g/mol. The van der Waals surface area contributed by atoms with Crippen molar-refractivity contribution in [1.82, 2.24) is 0 Å². The van der Waals surface area contributed by atoms with E-state index in [4.69, 9.17) is 9.78 Å². The summed E-state index contributed by atoms with van der Waals surface area (Å²) in [4.78, 5) is 25.3. The molecule has 1 aromatic carbocycles. The molecule has 2 aromatic rings. The standard InChI is InChI=1S/C34H42O4S/c1-4-33-17-26(23-7-5-22(6-8-23)24-13-16-39-18-24)30-25(27(33)9-10-29(33)35)11-15-34(36)20-32(14-12-28(30)34)19-31(2,3)21-37-38-32/h5-8,13,16,18,25-27,36H,4,9-12,14-15,17,19-21H2,1-3H3/t25-,26+,27-,32?,33+,34+/m0/s1. The van der Waals surface area contributed by atoms with E-state index in [1.807, 2.05) is 0 Å². The molecule has 1 aromatic heterocycles. The number of allylic oxidation sites excluding steroid dienone is 1. The van der Waals surface area contributed by atoms with Crippen LogP contribution in [0.15, 0.2) is 52.2 Å². The Bertz CT molecular complexity index is 1290. The summed E-state index contributed by atoms with van der Waals surface area (Å²) >= 11 is 1.72. The highest BCUT2D eigenvalue weighted by molar-refractivity contribution is 7.08. The summed E-state index contributed by atoms with van der Waals surface area (Å²) in [5, 5.41) is 16.7. The summed E-state index contributed by atoms with van der Waals surface area (Å²) in [7, 11) is 0. The summed E-state index contributed by atoms with van der Waals surface area (Å²) < 4.78 is 0. The zero-order chi connectivity index (χ0) is 27.0. The Morgan fingerprint density at radius 1 is 1.03 bits per heavy atom. The van der Waals surface area contributed by atoms with Crippen molar-refractivity contribution in [1.29, 1.82) is 0 Å². The monoisotopic (exact) mass is 546 g/mol. The van der Waals surface area contributed by atoms with Crippen LogP contribution in [0.4, 0.5) is 0 Å². The van der Waals surface area contributed by atoms with E-state index in [0.29, 0.717) is 30.6 Å². The van der Waals surface area contributed by atoms with Gasteiger partial charge in [0.25, 0.3) is 0 Å². The molecule has 2 heterocycles. The molecule has 0 amide bonds. The molecular formula is C34H42O4S. The van der Waals surface area contributed by atoms with Crippen LogP contribution >= 0.6 is 11.3 Å². The van der Waals surface area contributed by atoms with Gasteiger partial charge in [-0.2, -0.15) is 11.3 Å². The predicted molar refractivity (Wildman–Crippen MR) is 154 cm³/mol. The Morgan fingerprint density at radius 2 is 1.85 bits per heavy atom. The van der Waals surface area contributed by atoms with E-state index in [1.54, 1.807) is 11.3 Å². The van der Waals surface area contributed by atoms with Gasteiger partial charge in [0, 0.05) is 24.2 Å². The first-order valence-corrected chi connectivity index (χ1v) is 16.0. The predicted octanol–water partition coefficient (Wildman–Crippen LogP) is 8.02. The van der Waals surface area contributed by atoms with Crippen LogP contribution in [0.25, 0.3) is 11.1 Å². The summed E-state index contributed by atoms with van der Waals surface area (Å²) in [5.41, 5.74) is 5.08. The molecule has 0 bridgehead atoms. The van der Waals surface area contributed by atoms with E-state index < -0.39 is 11.2 Å². The van der Waals surface area contributed by atoms with Crippen molar-refractivity contribution >= 4 is 17.1 Å². The third kappa shape index (κ3) is 4.06. The Hall–Kier alpha value is -1.79. The van der Waals surface area contributed by atoms with Gasteiger partial charge in [-0.1, -0.05) is 50.6 Å². The number of thiophene rings is 1. The van der Waals surface area contributed by atoms with Crippen LogP contribution in [-0.2, 0) is 14.6 Å². The lowest BCUT2D eigenvalue weighted by atomic mass is 9.49. The molecule has 0 radical (unpaired) electrons. The molecular weight excluding hydrogens is 504 g/mol. The first-order chi connectivity index (χ1) is 18.7. The number of carbonyl (C=O) groups excluding carboxylic acids is 1. The molecule has 4 nitrogen and oxygen atoms in total. The highest BCUT2D eigenvalue weighted by atomic mass is 32.1. The largest absolute Gasteiger partial charge is 0.385 e. The molecule has 4 aliphatic carbocycles. The second-order valence-corrected chi connectivity index (χ2v) is 14.9. The van der Waals surface area contributed by atoms with E-state index in [9.17, 15) is 9.90 Å². The van der Waals surface area contributed by atoms with E-state index >= 15 is 0 Å². The van der Waals surface area contributed by atoms with Crippen molar-refractivity contribution in [3.8, 4) is 11.1 Å². The summed E-state index contributed by atoms with van der Waals surface area (Å²) in [5.74, 6) is 1.46. The molecule has 1 unspecified atom stereocenters. The van der Waals surface area contributed by atoms with Gasteiger partial charge in [-0.25, -0.2) is 9.78 Å². The van der Waals surface area contributed by atoms with Gasteiger partial charge in [0.05, 0.1) is 12.2 Å². The number of rotatable bonds is 3. The summed E-state index contributed by atoms with van der Waals surface area (Å²) in [6, 6.07) is 11.3. The van der Waals surface area contributed by atoms with Crippen molar-refractivity contribution in [3.63, 3.8) is 0 Å². The lowest BCUT2D eigenvalue weighted by molar-refractivity contribution is -0.414. The van der Waals surface area contributed by atoms with Crippen LogP contribution in [0.5, 0.6) is 0 Å². The Balaban J connectivity index is 1.32. The Kier molecular flexibility index (Phi) is 6.10. The van der Waals surface area contributed by atoms with Crippen LogP contribution in [0.3, 0.4) is 0 Å². The van der Waals surface area contributed by atoms with Crippen LogP contribution < -0.4 is 0 Å². The SMILES string of the molecule is CC[C@@]12C[C@H](c3ccc(-c4ccsc4)cc3)C3=C4CCC5(CC(C)(C)COO5)C[C@]4(O)CC[C@H]3[C@@H]1CCC2=O. The summed E-state index contributed by atoms with van der Waals surface area (Å²) in [6.45, 7) is 7.31. The van der Waals surface area contributed by atoms with Crippen LogP contribution in [0.1, 0.15) is 96.5 Å². The van der Waals surface area contributed by atoms with E-state index in [-0.39, 0.29) is 16.7 Å². The molecule has 208 valence electrons. The Labute approximate surface area is 236 Å². The van der Waals surface area contributed by atoms with Gasteiger partial charge < -0.3 is 5.11 Å². The van der Waals surface area contributed by atoms with Crippen LogP contribution in [0.2, 0.25) is 0 Å². The average Bonchev–Trinajstić information content (AvgIpc) is 3.56. The zero-order valence-corrected chi connectivity index (χ0v) is 24.4. The smallest absolute Gasteiger partial charge is 0.139 e. The van der Waals surface area contributed by atoms with Crippen molar-refractivity contribution in [2.45, 2.75) is 102 Å². The van der Waals surface area contributed by atoms with Crippen LogP contribution in [-0.4, -0.2) is 28.7 Å². The number of fused-ring (bicyclic) bond motifs is 4. The topological polar surface area (TPSA) is 55.8 Å². The molecule has 4 fully saturated rings. The quantitative estimate of drug-likeness (QED) is 0.313. The van der Waals surface area contributed by atoms with Gasteiger partial charge in [-0.05, 0) is 108 Å². The minimum Gasteiger partial charge on any atom is -0.385 e. The van der Waals surface area contributed by atoms with Crippen molar-refractivity contribution in [2.75, 3.05) is 6.61 Å². The van der Waals surface area contributed by atoms with E-state index in [1.165, 1.54) is 27.8 Å². The molecule has 5 heteroatoms. The molecule has 1 spiro atoms. The fourth-order valence-corrected chi connectivity index (χ4v) is 10.4. The van der Waals surface area contributed by atoms with Gasteiger partial charge >= 0.3 is 0 Å². The first kappa shape index (κ1) is 26.1. The fourth-order valence-electron chi connectivity index (χ4n) is 9.70. The maximum atomic E-state index is 13.5. The van der Waals surface area contributed by atoms with Crippen molar-refractivity contribution in [2.24, 2.45) is 22.7 Å². The Morgan fingerprint density at radius 3 is 2.56 bits per heavy atom. The van der Waals surface area contributed by atoms with Crippen molar-refractivity contribution in [3.05, 3.63) is 57.8 Å². The number of benzene rings is 1.